The largest absolute Gasteiger partial charge is 0.481 e. The zero-order chi connectivity index (χ0) is 24.9. The van der Waals surface area contributed by atoms with Gasteiger partial charge in [-0.25, -0.2) is 4.79 Å². The Morgan fingerprint density at radius 2 is 1.73 bits per heavy atom. The summed E-state index contributed by atoms with van der Waals surface area (Å²) in [6, 6.07) is -0.708. The molecule has 6 atom stereocenters. The predicted molar refractivity (Wildman–Crippen MR) is 129 cm³/mol. The summed E-state index contributed by atoms with van der Waals surface area (Å²) in [6.45, 7) is 20.3. The van der Waals surface area contributed by atoms with Crippen LogP contribution in [0.5, 0.6) is 0 Å². The lowest BCUT2D eigenvalue weighted by atomic mass is 9.43. The van der Waals surface area contributed by atoms with E-state index in [4.69, 9.17) is 14.0 Å². The van der Waals surface area contributed by atoms with E-state index in [0.29, 0.717) is 17.8 Å². The van der Waals surface area contributed by atoms with E-state index in [2.05, 4.69) is 45.3 Å². The highest BCUT2D eigenvalue weighted by atomic mass is 16.7. The molecule has 4 aliphatic rings. The smallest absolute Gasteiger partial charge is 0.444 e. The monoisotopic (exact) mass is 464 g/mol. The van der Waals surface area contributed by atoms with E-state index in [9.17, 15) is 9.59 Å². The molecule has 0 aromatic rings. The van der Waals surface area contributed by atoms with Crippen molar-refractivity contribution in [1.29, 1.82) is 0 Å². The summed E-state index contributed by atoms with van der Waals surface area (Å²) in [4.78, 5) is 25.7. The molecule has 8 heteroatoms. The average molecular weight is 464 g/mol. The summed E-state index contributed by atoms with van der Waals surface area (Å²) < 4.78 is 18.5. The lowest BCUT2D eigenvalue weighted by Gasteiger charge is -2.64. The third kappa shape index (κ3) is 5.37. The average Bonchev–Trinajstić information content (AvgIpc) is 3.00. The van der Waals surface area contributed by atoms with Gasteiger partial charge in [-0.05, 0) is 76.0 Å². The lowest BCUT2D eigenvalue weighted by Crippen LogP contribution is -2.65. The van der Waals surface area contributed by atoms with Gasteiger partial charge in [0.1, 0.15) is 11.6 Å². The van der Waals surface area contributed by atoms with Gasteiger partial charge in [0.2, 0.25) is 5.91 Å². The van der Waals surface area contributed by atoms with Gasteiger partial charge >= 0.3 is 13.2 Å². The Balaban J connectivity index is 1.71. The summed E-state index contributed by atoms with van der Waals surface area (Å²) >= 11 is 0. The molecule has 2 amide bonds. The minimum absolute atomic E-state index is 0.0617. The Hall–Kier alpha value is -1.28. The van der Waals surface area contributed by atoms with Gasteiger partial charge < -0.3 is 24.7 Å². The number of hydrogen-bond acceptors (Lipinski definition) is 5. The van der Waals surface area contributed by atoms with Gasteiger partial charge in [0.25, 0.3) is 0 Å². The number of rotatable bonds is 7. The first-order valence-electron chi connectivity index (χ1n) is 12.7. The van der Waals surface area contributed by atoms with E-state index < -0.39 is 24.9 Å². The van der Waals surface area contributed by atoms with Crippen LogP contribution in [0.25, 0.3) is 0 Å². The van der Waals surface area contributed by atoms with Crippen LogP contribution in [0.1, 0.15) is 88.5 Å². The molecule has 3 saturated carbocycles. The van der Waals surface area contributed by atoms with Crippen LogP contribution >= 0.6 is 0 Å². The van der Waals surface area contributed by atoms with Crippen molar-refractivity contribution in [2.45, 2.75) is 118 Å². The Bertz CT molecular complexity index is 750. The molecule has 33 heavy (non-hydrogen) atoms. The molecule has 2 bridgehead atoms. The summed E-state index contributed by atoms with van der Waals surface area (Å²) in [7, 11) is -0.490. The SMILES string of the molecule is CC(C)CC(NC(=O)C(NC(=O)OC(C)(C)C)C(C)C)B1O[C@@H]2C[C@@H]3C[C@@H](C3(C)C)[C@@]2(C)O1. The third-order valence-electron chi connectivity index (χ3n) is 7.97. The molecule has 0 aromatic heterocycles. The van der Waals surface area contributed by atoms with Crippen molar-refractivity contribution in [3.8, 4) is 0 Å². The maximum absolute atomic E-state index is 13.3. The number of carbonyl (C=O) groups is 2. The minimum Gasteiger partial charge on any atom is -0.444 e. The highest BCUT2D eigenvalue weighted by Crippen LogP contribution is 2.65. The van der Waals surface area contributed by atoms with E-state index in [1.165, 1.54) is 6.42 Å². The van der Waals surface area contributed by atoms with Crippen molar-refractivity contribution in [2.75, 3.05) is 0 Å². The summed E-state index contributed by atoms with van der Waals surface area (Å²) in [5.41, 5.74) is -0.691. The second kappa shape index (κ2) is 9.06. The van der Waals surface area contributed by atoms with Crippen LogP contribution in [0, 0.1) is 29.1 Å². The fourth-order valence-corrected chi connectivity index (χ4v) is 6.06. The molecule has 0 aromatic carbocycles. The number of carbonyl (C=O) groups excluding carboxylic acids is 2. The van der Waals surface area contributed by atoms with E-state index >= 15 is 0 Å². The molecule has 1 heterocycles. The van der Waals surface area contributed by atoms with Crippen LogP contribution in [0.15, 0.2) is 0 Å². The van der Waals surface area contributed by atoms with Crippen molar-refractivity contribution < 1.29 is 23.6 Å². The van der Waals surface area contributed by atoms with E-state index in [1.807, 2.05) is 13.8 Å². The first-order valence-corrected chi connectivity index (χ1v) is 12.7. The van der Waals surface area contributed by atoms with Crippen molar-refractivity contribution in [3.05, 3.63) is 0 Å². The minimum atomic E-state index is -0.708. The van der Waals surface area contributed by atoms with E-state index in [1.54, 1.807) is 20.8 Å². The molecule has 4 rings (SSSR count). The van der Waals surface area contributed by atoms with Crippen molar-refractivity contribution in [3.63, 3.8) is 0 Å². The van der Waals surface area contributed by atoms with Crippen LogP contribution in [0.2, 0.25) is 0 Å². The van der Waals surface area contributed by atoms with Crippen molar-refractivity contribution >= 4 is 19.1 Å². The second-order valence-electron chi connectivity index (χ2n) is 12.9. The normalized spacial score (nSPS) is 32.1. The molecule has 2 N–H and O–H groups in total. The first-order chi connectivity index (χ1) is 15.0. The Morgan fingerprint density at radius 1 is 1.09 bits per heavy atom. The zero-order valence-corrected chi connectivity index (χ0v) is 22.3. The van der Waals surface area contributed by atoms with Crippen LogP contribution in [0.3, 0.4) is 0 Å². The highest BCUT2D eigenvalue weighted by Gasteiger charge is 2.68. The van der Waals surface area contributed by atoms with Gasteiger partial charge in [0.15, 0.2) is 0 Å². The number of hydrogen-bond donors (Lipinski definition) is 2. The predicted octanol–water partition coefficient (Wildman–Crippen LogP) is 4.33. The zero-order valence-electron chi connectivity index (χ0n) is 22.3. The Kier molecular flexibility index (Phi) is 7.23. The number of amides is 2. The number of nitrogens with one attached hydrogen (secondary N) is 2. The summed E-state index contributed by atoms with van der Waals surface area (Å²) in [5.74, 6) is 0.853. The molecule has 0 spiro atoms. The molecule has 3 aliphatic carbocycles. The van der Waals surface area contributed by atoms with E-state index in [-0.39, 0.29) is 34.9 Å². The molecular weight excluding hydrogens is 419 g/mol. The van der Waals surface area contributed by atoms with Gasteiger partial charge in [0, 0.05) is 0 Å². The topological polar surface area (TPSA) is 85.9 Å². The number of ether oxygens (including phenoxy) is 1. The highest BCUT2D eigenvalue weighted by molar-refractivity contribution is 6.47. The van der Waals surface area contributed by atoms with Crippen LogP contribution in [-0.2, 0) is 18.8 Å². The summed E-state index contributed by atoms with van der Waals surface area (Å²) in [5, 5.41) is 5.91. The maximum Gasteiger partial charge on any atom is 0.481 e. The lowest BCUT2D eigenvalue weighted by molar-refractivity contribution is -0.199. The third-order valence-corrected chi connectivity index (χ3v) is 7.97. The van der Waals surface area contributed by atoms with Gasteiger partial charge in [-0.15, -0.1) is 0 Å². The number of alkyl carbamates (subject to hydrolysis) is 1. The van der Waals surface area contributed by atoms with Crippen molar-refractivity contribution in [2.24, 2.45) is 29.1 Å². The van der Waals surface area contributed by atoms with Gasteiger partial charge in [-0.2, -0.15) is 0 Å². The summed E-state index contributed by atoms with van der Waals surface area (Å²) in [6.07, 6.45) is 2.39. The molecule has 1 saturated heterocycles. The molecule has 4 fully saturated rings. The van der Waals surface area contributed by atoms with E-state index in [0.717, 1.165) is 12.8 Å². The van der Waals surface area contributed by atoms with Crippen LogP contribution in [-0.4, -0.2) is 48.4 Å². The van der Waals surface area contributed by atoms with Gasteiger partial charge in [-0.1, -0.05) is 41.5 Å². The Morgan fingerprint density at radius 3 is 2.24 bits per heavy atom. The maximum atomic E-state index is 13.3. The quantitative estimate of drug-likeness (QED) is 0.548. The van der Waals surface area contributed by atoms with Crippen molar-refractivity contribution in [1.82, 2.24) is 10.6 Å². The fourth-order valence-electron chi connectivity index (χ4n) is 6.06. The standard InChI is InChI=1S/C25H45BN2O5/c1-14(2)11-19(27-21(29)20(15(3)4)28-22(30)31-23(5,6)7)26-32-18-13-16-12-17(24(16,8)9)25(18,10)33-26/h14-20H,11-13H2,1-10H3,(H,27,29)(H,28,30)/t16-,17-,18+,19?,20?,25+/m0/s1. The fraction of sp³-hybridized carbons (Fsp3) is 0.920. The van der Waals surface area contributed by atoms with Gasteiger partial charge in [0.05, 0.1) is 17.6 Å². The first kappa shape index (κ1) is 26.3. The van der Waals surface area contributed by atoms with Crippen LogP contribution < -0.4 is 10.6 Å². The molecule has 7 nitrogen and oxygen atoms in total. The second-order valence-corrected chi connectivity index (χ2v) is 12.9. The molecule has 0 radical (unpaired) electrons. The molecule has 1 aliphatic heterocycles. The molecule has 2 unspecified atom stereocenters. The van der Waals surface area contributed by atoms with Gasteiger partial charge in [-0.3, -0.25) is 4.79 Å². The molecule has 188 valence electrons. The molecular formula is C25H45BN2O5. The van der Waals surface area contributed by atoms with Crippen LogP contribution in [0.4, 0.5) is 4.79 Å². The Labute approximate surface area is 200 Å².